The minimum Gasteiger partial charge on any atom is -0.355 e. The molecule has 27 heavy (non-hydrogen) atoms. The molecule has 8 heteroatoms. The predicted molar refractivity (Wildman–Crippen MR) is 100 cm³/mol. The second-order valence-corrected chi connectivity index (χ2v) is 6.74. The van der Waals surface area contributed by atoms with Crippen LogP contribution in [-0.4, -0.2) is 51.3 Å². The van der Waals surface area contributed by atoms with Crippen molar-refractivity contribution in [3.63, 3.8) is 0 Å². The van der Waals surface area contributed by atoms with Crippen LogP contribution < -0.4 is 5.73 Å². The number of nitrogens with zero attached hydrogens (tertiary/aromatic N) is 6. The molecule has 0 saturated carbocycles. The summed E-state index contributed by atoms with van der Waals surface area (Å²) in [5, 5.41) is 16.6. The Morgan fingerprint density at radius 2 is 2.19 bits per heavy atom. The average molecular weight is 363 g/mol. The third-order valence-corrected chi connectivity index (χ3v) is 4.90. The molecule has 0 unspecified atom stereocenters. The summed E-state index contributed by atoms with van der Waals surface area (Å²) in [6.45, 7) is 1.82. The number of benzene rings is 1. The summed E-state index contributed by atoms with van der Waals surface area (Å²) in [7, 11) is 0. The fraction of sp³-hybridized carbons (Fsp3) is 0.316. The van der Waals surface area contributed by atoms with Gasteiger partial charge in [-0.25, -0.2) is 4.79 Å². The summed E-state index contributed by atoms with van der Waals surface area (Å²) >= 11 is 0. The van der Waals surface area contributed by atoms with Gasteiger partial charge in [-0.1, -0.05) is 18.2 Å². The van der Waals surface area contributed by atoms with Crippen LogP contribution in [0.25, 0.3) is 0 Å². The van der Waals surface area contributed by atoms with E-state index in [4.69, 9.17) is 5.73 Å². The molecule has 0 spiro atoms. The average Bonchev–Trinajstić information content (AvgIpc) is 2.70. The van der Waals surface area contributed by atoms with Crippen LogP contribution in [0.3, 0.4) is 0 Å². The van der Waals surface area contributed by atoms with Crippen LogP contribution in [0.5, 0.6) is 0 Å². The number of fused-ring (bicyclic) bond motifs is 1. The summed E-state index contributed by atoms with van der Waals surface area (Å²) in [6, 6.07) is 9.41. The van der Waals surface area contributed by atoms with E-state index in [0.29, 0.717) is 18.7 Å². The Bertz CT molecular complexity index is 869. The number of likely N-dealkylation sites (tertiary alicyclic amines) is 1. The maximum atomic E-state index is 13.2. The fourth-order valence-corrected chi connectivity index (χ4v) is 3.55. The Kier molecular flexibility index (Phi) is 4.52. The molecule has 0 bridgehead atoms. The number of allylic oxidation sites excluding steroid dienone is 1. The first-order valence-electron chi connectivity index (χ1n) is 8.98. The summed E-state index contributed by atoms with van der Waals surface area (Å²) in [5.41, 5.74) is 7.53. The van der Waals surface area contributed by atoms with Gasteiger partial charge in [-0.3, -0.25) is 4.90 Å². The number of piperidine rings is 1. The van der Waals surface area contributed by atoms with Gasteiger partial charge < -0.3 is 10.6 Å². The van der Waals surface area contributed by atoms with E-state index in [9.17, 15) is 10.1 Å². The molecule has 8 nitrogen and oxygen atoms in total. The number of rotatable bonds is 3. The molecule has 0 aliphatic carbocycles. The van der Waals surface area contributed by atoms with Crippen LogP contribution >= 0.6 is 0 Å². The van der Waals surface area contributed by atoms with Gasteiger partial charge in [-0.2, -0.15) is 20.5 Å². The van der Waals surface area contributed by atoms with Crippen LogP contribution in [0.4, 0.5) is 4.79 Å². The second-order valence-electron chi connectivity index (χ2n) is 6.74. The van der Waals surface area contributed by atoms with Gasteiger partial charge in [0, 0.05) is 25.3 Å². The van der Waals surface area contributed by atoms with Crippen molar-refractivity contribution >= 4 is 12.2 Å². The smallest absolute Gasteiger partial charge is 0.350 e. The van der Waals surface area contributed by atoms with E-state index in [2.05, 4.69) is 16.1 Å². The van der Waals surface area contributed by atoms with Gasteiger partial charge in [0.1, 0.15) is 5.82 Å². The molecule has 4 rings (SSSR count). The molecular formula is C19H21N7O. The maximum Gasteiger partial charge on any atom is 0.350 e. The summed E-state index contributed by atoms with van der Waals surface area (Å²) in [4.78, 5) is 17.0. The zero-order valence-corrected chi connectivity index (χ0v) is 14.9. The van der Waals surface area contributed by atoms with Gasteiger partial charge in [0.25, 0.3) is 0 Å². The Labute approximate surface area is 158 Å². The predicted octanol–water partition coefficient (Wildman–Crippen LogP) is 1.75. The number of hydrazone groups is 1. The lowest BCUT2D eigenvalue weighted by Crippen LogP contribution is -2.55. The molecule has 1 aromatic carbocycles. The molecule has 138 valence electrons. The van der Waals surface area contributed by atoms with Gasteiger partial charge in [0.05, 0.1) is 30.6 Å². The quantitative estimate of drug-likeness (QED) is 0.883. The minimum atomic E-state index is -0.215. The van der Waals surface area contributed by atoms with Gasteiger partial charge in [-0.05, 0) is 30.5 Å². The van der Waals surface area contributed by atoms with Crippen molar-refractivity contribution in [2.45, 2.75) is 25.4 Å². The van der Waals surface area contributed by atoms with Crippen LogP contribution in [0.1, 0.15) is 24.0 Å². The molecular weight excluding hydrogens is 342 g/mol. The zero-order chi connectivity index (χ0) is 18.8. The third kappa shape index (κ3) is 3.25. The Morgan fingerprint density at radius 1 is 1.33 bits per heavy atom. The first kappa shape index (κ1) is 17.1. The number of hydrazine groups is 1. The van der Waals surface area contributed by atoms with E-state index in [-0.39, 0.29) is 12.1 Å². The molecule has 2 amide bonds. The van der Waals surface area contributed by atoms with Crippen LogP contribution in [0.15, 0.2) is 53.7 Å². The first-order valence-corrected chi connectivity index (χ1v) is 8.98. The van der Waals surface area contributed by atoms with Crippen molar-refractivity contribution in [1.29, 1.82) is 5.26 Å². The second kappa shape index (κ2) is 7.13. The lowest BCUT2D eigenvalue weighted by atomic mass is 10.1. The molecule has 0 aromatic heterocycles. The largest absolute Gasteiger partial charge is 0.355 e. The summed E-state index contributed by atoms with van der Waals surface area (Å²) < 4.78 is 0. The number of nitriles is 1. The van der Waals surface area contributed by atoms with Crippen molar-refractivity contribution < 1.29 is 4.79 Å². The fourth-order valence-electron chi connectivity index (χ4n) is 3.55. The Hall–Kier alpha value is -3.31. The van der Waals surface area contributed by atoms with E-state index >= 15 is 0 Å². The topological polar surface area (TPSA) is 92.2 Å². The number of hydrogen-bond donors (Lipinski definition) is 1. The van der Waals surface area contributed by atoms with Crippen LogP contribution in [-0.2, 0) is 6.54 Å². The minimum absolute atomic E-state index is 0.0748. The third-order valence-electron chi connectivity index (χ3n) is 4.90. The molecule has 2 N–H and O–H groups in total. The molecule has 1 atom stereocenters. The van der Waals surface area contributed by atoms with Gasteiger partial charge in [0.2, 0.25) is 0 Å². The van der Waals surface area contributed by atoms with E-state index < -0.39 is 0 Å². The molecule has 1 aromatic rings. The Balaban J connectivity index is 1.71. The van der Waals surface area contributed by atoms with E-state index in [1.807, 2.05) is 24.4 Å². The molecule has 3 heterocycles. The van der Waals surface area contributed by atoms with Crippen molar-refractivity contribution in [2.75, 3.05) is 13.1 Å². The maximum absolute atomic E-state index is 13.2. The lowest BCUT2D eigenvalue weighted by molar-refractivity contribution is 0.0431. The number of carbonyl (C=O) groups excluding carboxylic acids is 1. The SMILES string of the molecule is N#Cc1ccccc1CN1C(=O)N2C=CC=NN2C=C1N1CCC[C@@H](N)C1. The van der Waals surface area contributed by atoms with Crippen molar-refractivity contribution in [1.82, 2.24) is 19.9 Å². The summed E-state index contributed by atoms with van der Waals surface area (Å²) in [5.74, 6) is 0.756. The van der Waals surface area contributed by atoms with Crippen LogP contribution in [0.2, 0.25) is 0 Å². The van der Waals surface area contributed by atoms with Crippen LogP contribution in [0, 0.1) is 11.3 Å². The highest BCUT2D eigenvalue weighted by molar-refractivity contribution is 5.81. The highest BCUT2D eigenvalue weighted by atomic mass is 16.2. The number of carbonyl (C=O) groups is 1. The standard InChI is InChI=1S/C19H21N7O/c20-11-15-5-1-2-6-16(15)12-24-18(23-9-3-7-17(21)13-23)14-26-22-8-4-10-25(26)19(24)27/h1-2,4-6,8,10,14,17H,3,7,9,12-13,21H2/t17-/m1/s1. The highest BCUT2D eigenvalue weighted by Gasteiger charge is 2.36. The molecule has 0 radical (unpaired) electrons. The number of nitrogens with two attached hydrogens (primary N) is 1. The molecule has 1 fully saturated rings. The van der Waals surface area contributed by atoms with Gasteiger partial charge >= 0.3 is 6.03 Å². The van der Waals surface area contributed by atoms with E-state index in [1.165, 1.54) is 10.1 Å². The van der Waals surface area contributed by atoms with Gasteiger partial charge in [-0.15, -0.1) is 0 Å². The normalized spacial score (nSPS) is 21.9. The van der Waals surface area contributed by atoms with Gasteiger partial charge in [0.15, 0.2) is 0 Å². The van der Waals surface area contributed by atoms with E-state index in [1.54, 1.807) is 29.5 Å². The summed E-state index contributed by atoms with van der Waals surface area (Å²) in [6.07, 6.45) is 8.82. The van der Waals surface area contributed by atoms with E-state index in [0.717, 1.165) is 30.8 Å². The number of urea groups is 1. The van der Waals surface area contributed by atoms with Crippen molar-refractivity contribution in [3.8, 4) is 6.07 Å². The molecule has 1 saturated heterocycles. The molecule has 3 aliphatic heterocycles. The zero-order valence-electron chi connectivity index (χ0n) is 14.9. The highest BCUT2D eigenvalue weighted by Crippen LogP contribution is 2.28. The monoisotopic (exact) mass is 363 g/mol. The molecule has 3 aliphatic rings. The lowest BCUT2D eigenvalue weighted by Gasteiger charge is -2.45. The first-order chi connectivity index (χ1) is 13.2. The van der Waals surface area contributed by atoms with Crippen molar-refractivity contribution in [3.05, 3.63) is 59.7 Å². The number of amides is 2. The Morgan fingerprint density at radius 3 is 3.00 bits per heavy atom. The van der Waals surface area contributed by atoms with Crippen molar-refractivity contribution in [2.24, 2.45) is 10.8 Å². The number of hydrogen-bond acceptors (Lipinski definition) is 6.